The molecule has 2 aliphatic heterocycles. The lowest BCUT2D eigenvalue weighted by atomic mass is 10.0. The van der Waals surface area contributed by atoms with E-state index in [0.29, 0.717) is 24.9 Å². The minimum Gasteiger partial charge on any atom is -0.424 e. The van der Waals surface area contributed by atoms with Crippen molar-refractivity contribution in [1.29, 1.82) is 0 Å². The Morgan fingerprint density at radius 2 is 2.35 bits per heavy atom. The number of fused-ring (bicyclic) bond motifs is 3. The van der Waals surface area contributed by atoms with Gasteiger partial charge in [0, 0.05) is 20.0 Å². The van der Waals surface area contributed by atoms with Crippen LogP contribution in [0, 0.1) is 6.92 Å². The van der Waals surface area contributed by atoms with Gasteiger partial charge in [0.05, 0.1) is 37.2 Å². The number of likely N-dealkylation sites (tertiary alicyclic amines) is 1. The summed E-state index contributed by atoms with van der Waals surface area (Å²) in [6, 6.07) is 0.221. The summed E-state index contributed by atoms with van der Waals surface area (Å²) in [5, 5.41) is 16.1. The Morgan fingerprint density at radius 3 is 3.20 bits per heavy atom. The third-order valence-corrected chi connectivity index (χ3v) is 3.94. The number of hydrogen-bond acceptors (Lipinski definition) is 7. The number of nitrogens with zero attached hydrogens (tertiary/aromatic N) is 6. The molecule has 8 heteroatoms. The topological polar surface area (TPSA) is 82.1 Å². The van der Waals surface area contributed by atoms with Crippen LogP contribution in [0.15, 0.2) is 10.6 Å². The molecule has 0 radical (unpaired) electrons. The van der Waals surface area contributed by atoms with E-state index in [2.05, 4.69) is 25.4 Å². The Morgan fingerprint density at radius 1 is 1.40 bits per heavy atom. The molecule has 0 unspecified atom stereocenters. The highest BCUT2D eigenvalue weighted by Crippen LogP contribution is 2.30. The van der Waals surface area contributed by atoms with Crippen molar-refractivity contribution in [2.75, 3.05) is 13.1 Å². The molecule has 0 bridgehead atoms. The standard InChI is InChI=1S/C12H16N6O2/c1-8-14-15-12(20-8)6-17-3-2-11-10(5-17)18-9(7-19-11)4-13-16-18/h4,10-11H,2-3,5-7H2,1H3/t10-,11-/m1/s1. The van der Waals surface area contributed by atoms with E-state index < -0.39 is 0 Å². The van der Waals surface area contributed by atoms with Gasteiger partial charge in [-0.15, -0.1) is 15.3 Å². The molecule has 4 rings (SSSR count). The van der Waals surface area contributed by atoms with Gasteiger partial charge in [-0.25, -0.2) is 4.68 Å². The van der Waals surface area contributed by atoms with E-state index in [4.69, 9.17) is 9.15 Å². The lowest BCUT2D eigenvalue weighted by molar-refractivity contribution is -0.0679. The predicted octanol–water partition coefficient (Wildman–Crippen LogP) is 0.315. The van der Waals surface area contributed by atoms with Gasteiger partial charge in [-0.1, -0.05) is 5.21 Å². The number of piperidine rings is 1. The van der Waals surface area contributed by atoms with Crippen LogP contribution in [0.2, 0.25) is 0 Å². The van der Waals surface area contributed by atoms with E-state index in [1.54, 1.807) is 13.1 Å². The molecule has 20 heavy (non-hydrogen) atoms. The van der Waals surface area contributed by atoms with Gasteiger partial charge in [0.2, 0.25) is 11.8 Å². The number of rotatable bonds is 2. The van der Waals surface area contributed by atoms with Gasteiger partial charge in [-0.2, -0.15) is 0 Å². The number of hydrogen-bond donors (Lipinski definition) is 0. The average Bonchev–Trinajstić information content (AvgIpc) is 3.07. The van der Waals surface area contributed by atoms with Crippen molar-refractivity contribution >= 4 is 0 Å². The molecule has 106 valence electrons. The normalized spacial score (nSPS) is 26.2. The lowest BCUT2D eigenvalue weighted by Gasteiger charge is -2.40. The van der Waals surface area contributed by atoms with Crippen molar-refractivity contribution in [3.63, 3.8) is 0 Å². The quantitative estimate of drug-likeness (QED) is 0.781. The summed E-state index contributed by atoms with van der Waals surface area (Å²) in [4.78, 5) is 2.30. The monoisotopic (exact) mass is 276 g/mol. The summed E-state index contributed by atoms with van der Waals surface area (Å²) >= 11 is 0. The summed E-state index contributed by atoms with van der Waals surface area (Å²) in [5.74, 6) is 1.27. The third kappa shape index (κ3) is 2.01. The van der Waals surface area contributed by atoms with Gasteiger partial charge in [0.25, 0.3) is 0 Å². The molecule has 0 amide bonds. The third-order valence-electron chi connectivity index (χ3n) is 3.94. The van der Waals surface area contributed by atoms with Crippen molar-refractivity contribution in [3.05, 3.63) is 23.7 Å². The fourth-order valence-corrected chi connectivity index (χ4v) is 2.98. The Balaban J connectivity index is 1.51. The van der Waals surface area contributed by atoms with Crippen LogP contribution < -0.4 is 0 Å². The molecule has 0 saturated carbocycles. The maximum absolute atomic E-state index is 5.89. The summed E-state index contributed by atoms with van der Waals surface area (Å²) in [6.45, 7) is 4.92. The van der Waals surface area contributed by atoms with E-state index in [1.165, 1.54) is 0 Å². The van der Waals surface area contributed by atoms with Gasteiger partial charge in [0.1, 0.15) is 0 Å². The molecule has 2 aromatic rings. The first-order chi connectivity index (χ1) is 9.79. The van der Waals surface area contributed by atoms with Crippen molar-refractivity contribution < 1.29 is 9.15 Å². The molecule has 4 heterocycles. The van der Waals surface area contributed by atoms with Crippen LogP contribution in [0.25, 0.3) is 0 Å². The van der Waals surface area contributed by atoms with Gasteiger partial charge in [0.15, 0.2) is 0 Å². The maximum atomic E-state index is 5.89. The Bertz CT molecular complexity index is 609. The molecule has 2 aliphatic rings. The predicted molar refractivity (Wildman–Crippen MR) is 66.6 cm³/mol. The van der Waals surface area contributed by atoms with E-state index >= 15 is 0 Å². The second kappa shape index (κ2) is 4.64. The minimum absolute atomic E-state index is 0.221. The molecule has 0 N–H and O–H groups in total. The van der Waals surface area contributed by atoms with Crippen molar-refractivity contribution in [2.24, 2.45) is 0 Å². The van der Waals surface area contributed by atoms with E-state index in [9.17, 15) is 0 Å². The molecule has 1 saturated heterocycles. The van der Waals surface area contributed by atoms with Crippen LogP contribution in [-0.2, 0) is 17.9 Å². The number of aryl methyl sites for hydroxylation is 1. The summed E-state index contributed by atoms with van der Waals surface area (Å²) in [5.41, 5.74) is 1.04. The van der Waals surface area contributed by atoms with Crippen LogP contribution in [0.5, 0.6) is 0 Å². The van der Waals surface area contributed by atoms with E-state index in [0.717, 1.165) is 25.2 Å². The minimum atomic E-state index is 0.221. The lowest BCUT2D eigenvalue weighted by Crippen LogP contribution is -2.47. The van der Waals surface area contributed by atoms with Gasteiger partial charge in [-0.05, 0) is 6.42 Å². The van der Waals surface area contributed by atoms with Crippen molar-refractivity contribution in [2.45, 2.75) is 38.6 Å². The van der Waals surface area contributed by atoms with E-state index in [-0.39, 0.29) is 12.1 Å². The van der Waals surface area contributed by atoms with Crippen LogP contribution >= 0.6 is 0 Å². The first kappa shape index (κ1) is 12.0. The fraction of sp³-hybridized carbons (Fsp3) is 0.667. The molecule has 1 fully saturated rings. The zero-order chi connectivity index (χ0) is 13.5. The Hall–Kier alpha value is -1.80. The molecule has 0 aliphatic carbocycles. The molecule has 8 nitrogen and oxygen atoms in total. The van der Waals surface area contributed by atoms with Crippen LogP contribution in [0.4, 0.5) is 0 Å². The van der Waals surface area contributed by atoms with Crippen LogP contribution in [0.3, 0.4) is 0 Å². The largest absolute Gasteiger partial charge is 0.424 e. The molecule has 2 atom stereocenters. The maximum Gasteiger partial charge on any atom is 0.230 e. The molecule has 0 aromatic carbocycles. The average molecular weight is 276 g/mol. The molecule has 2 aromatic heterocycles. The van der Waals surface area contributed by atoms with Gasteiger partial charge >= 0.3 is 0 Å². The highest BCUT2D eigenvalue weighted by atomic mass is 16.5. The highest BCUT2D eigenvalue weighted by molar-refractivity contribution is 5.01. The highest BCUT2D eigenvalue weighted by Gasteiger charge is 2.36. The van der Waals surface area contributed by atoms with Crippen molar-refractivity contribution in [3.8, 4) is 0 Å². The van der Waals surface area contributed by atoms with Crippen LogP contribution in [-0.4, -0.2) is 49.3 Å². The molecular formula is C12H16N6O2. The summed E-state index contributed by atoms with van der Waals surface area (Å²) < 4.78 is 13.3. The summed E-state index contributed by atoms with van der Waals surface area (Å²) in [6.07, 6.45) is 2.98. The molecular weight excluding hydrogens is 260 g/mol. The zero-order valence-electron chi connectivity index (χ0n) is 11.3. The number of aromatic nitrogens is 5. The fourth-order valence-electron chi connectivity index (χ4n) is 2.98. The first-order valence-corrected chi connectivity index (χ1v) is 6.81. The van der Waals surface area contributed by atoms with Gasteiger partial charge < -0.3 is 9.15 Å². The SMILES string of the molecule is Cc1nnc(CN2CC[C@H]3OCc4cnnn4[C@@H]3C2)o1. The van der Waals surface area contributed by atoms with Gasteiger partial charge in [-0.3, -0.25) is 4.90 Å². The van der Waals surface area contributed by atoms with E-state index in [1.807, 2.05) is 4.68 Å². The number of ether oxygens (including phenoxy) is 1. The second-order valence-corrected chi connectivity index (χ2v) is 5.33. The Kier molecular flexibility index (Phi) is 2.78. The second-order valence-electron chi connectivity index (χ2n) is 5.33. The van der Waals surface area contributed by atoms with Crippen LogP contribution in [0.1, 0.15) is 29.9 Å². The smallest absolute Gasteiger partial charge is 0.230 e. The first-order valence-electron chi connectivity index (χ1n) is 6.81. The Labute approximate surface area is 115 Å². The zero-order valence-corrected chi connectivity index (χ0v) is 11.3. The molecule has 0 spiro atoms. The summed E-state index contributed by atoms with van der Waals surface area (Å²) in [7, 11) is 0. The van der Waals surface area contributed by atoms with Crippen molar-refractivity contribution in [1.82, 2.24) is 30.1 Å².